The molecule has 0 saturated heterocycles. The van der Waals surface area contributed by atoms with Crippen LogP contribution in [0.5, 0.6) is 11.5 Å². The molecule has 2 rings (SSSR count). The molecule has 0 spiro atoms. The zero-order valence-corrected chi connectivity index (χ0v) is 13.1. The molecule has 0 atom stereocenters. The Hall–Kier alpha value is -2.29. The Morgan fingerprint density at radius 1 is 1.10 bits per heavy atom. The number of benzene rings is 2. The van der Waals surface area contributed by atoms with Crippen molar-refractivity contribution in [3.63, 3.8) is 0 Å². The van der Waals surface area contributed by atoms with Gasteiger partial charge in [0, 0.05) is 12.2 Å². The number of aryl methyl sites for hydroxylation is 2. The van der Waals surface area contributed by atoms with Crippen molar-refractivity contribution in [3.05, 3.63) is 53.6 Å². The molecule has 1 N–H and O–H groups in total. The third-order valence-corrected chi connectivity index (χ3v) is 3.20. The number of rotatable bonds is 4. The van der Waals surface area contributed by atoms with Gasteiger partial charge in [-0.05, 0) is 63.1 Å². The van der Waals surface area contributed by atoms with E-state index in [1.165, 1.54) is 0 Å². The molecule has 0 amide bonds. The molecule has 0 saturated carbocycles. The summed E-state index contributed by atoms with van der Waals surface area (Å²) in [6.07, 6.45) is 0. The van der Waals surface area contributed by atoms with E-state index in [2.05, 4.69) is 36.3 Å². The Morgan fingerprint density at radius 2 is 1.81 bits per heavy atom. The summed E-state index contributed by atoms with van der Waals surface area (Å²) < 4.78 is 5.94. The lowest BCUT2D eigenvalue weighted by atomic mass is 10.1. The van der Waals surface area contributed by atoms with Gasteiger partial charge in [0.05, 0.1) is 5.84 Å². The van der Waals surface area contributed by atoms with Gasteiger partial charge in [-0.1, -0.05) is 18.2 Å². The molecule has 3 nitrogen and oxygen atoms in total. The monoisotopic (exact) mass is 282 g/mol. The second kappa shape index (κ2) is 6.93. The molecule has 21 heavy (non-hydrogen) atoms. The van der Waals surface area contributed by atoms with Crippen molar-refractivity contribution in [1.82, 2.24) is 0 Å². The molecule has 3 heteroatoms. The van der Waals surface area contributed by atoms with Gasteiger partial charge in [-0.25, -0.2) is 0 Å². The number of aliphatic imine (C=N–C) groups is 1. The lowest BCUT2D eigenvalue weighted by Gasteiger charge is -2.14. The third-order valence-electron chi connectivity index (χ3n) is 3.20. The predicted octanol–water partition coefficient (Wildman–Crippen LogP) is 4.95. The first kappa shape index (κ1) is 15.1. The highest BCUT2D eigenvalue weighted by atomic mass is 16.5. The van der Waals surface area contributed by atoms with Gasteiger partial charge in [-0.3, -0.25) is 4.99 Å². The summed E-state index contributed by atoms with van der Waals surface area (Å²) in [6, 6.07) is 14.0. The molecular formula is C18H22N2O. The minimum atomic E-state index is 0.784. The van der Waals surface area contributed by atoms with Gasteiger partial charge in [-0.2, -0.15) is 0 Å². The van der Waals surface area contributed by atoms with Gasteiger partial charge in [0.25, 0.3) is 0 Å². The van der Waals surface area contributed by atoms with Crippen LogP contribution < -0.4 is 10.1 Å². The molecule has 0 aliphatic carbocycles. The van der Waals surface area contributed by atoms with Crippen LogP contribution in [-0.2, 0) is 0 Å². The highest BCUT2D eigenvalue weighted by Gasteiger charge is 2.07. The normalized spacial score (nSPS) is 11.3. The number of anilines is 1. The second-order valence-corrected chi connectivity index (χ2v) is 5.03. The highest BCUT2D eigenvalue weighted by Crippen LogP contribution is 2.30. The quantitative estimate of drug-likeness (QED) is 0.636. The lowest BCUT2D eigenvalue weighted by molar-refractivity contribution is 0.478. The van der Waals surface area contributed by atoms with Crippen molar-refractivity contribution < 1.29 is 4.74 Å². The average molecular weight is 282 g/mol. The second-order valence-electron chi connectivity index (χ2n) is 5.03. The van der Waals surface area contributed by atoms with E-state index in [0.29, 0.717) is 0 Å². The molecule has 0 aliphatic heterocycles. The maximum absolute atomic E-state index is 5.94. The maximum atomic E-state index is 5.94. The van der Waals surface area contributed by atoms with Crippen LogP contribution in [0.25, 0.3) is 0 Å². The summed E-state index contributed by atoms with van der Waals surface area (Å²) in [5.41, 5.74) is 3.30. The van der Waals surface area contributed by atoms with Crippen molar-refractivity contribution in [2.24, 2.45) is 4.99 Å². The fourth-order valence-corrected chi connectivity index (χ4v) is 2.12. The Labute approximate surface area is 126 Å². The number of amidine groups is 1. The Balaban J connectivity index is 2.23. The fraction of sp³-hybridized carbons (Fsp3) is 0.278. The van der Waals surface area contributed by atoms with Gasteiger partial charge >= 0.3 is 0 Å². The molecule has 0 heterocycles. The van der Waals surface area contributed by atoms with Crippen LogP contribution in [0.2, 0.25) is 0 Å². The summed E-state index contributed by atoms with van der Waals surface area (Å²) in [5, 5.41) is 3.34. The van der Waals surface area contributed by atoms with Crippen LogP contribution in [-0.4, -0.2) is 12.4 Å². The smallest absolute Gasteiger partial charge is 0.130 e. The van der Waals surface area contributed by atoms with Crippen LogP contribution in [0, 0.1) is 13.8 Å². The van der Waals surface area contributed by atoms with E-state index in [-0.39, 0.29) is 0 Å². The fourth-order valence-electron chi connectivity index (χ4n) is 2.12. The predicted molar refractivity (Wildman–Crippen MR) is 89.7 cm³/mol. The van der Waals surface area contributed by atoms with Crippen LogP contribution in [0.15, 0.2) is 47.5 Å². The SMILES string of the molecule is CCN=C(C)Nc1cc(C)c(Oc2ccccc2)cc1C. The van der Waals surface area contributed by atoms with Crippen molar-refractivity contribution in [1.29, 1.82) is 0 Å². The topological polar surface area (TPSA) is 33.6 Å². The molecule has 2 aromatic carbocycles. The minimum Gasteiger partial charge on any atom is -0.457 e. The van der Waals surface area contributed by atoms with E-state index in [4.69, 9.17) is 4.74 Å². The van der Waals surface area contributed by atoms with Gasteiger partial charge in [0.1, 0.15) is 11.5 Å². The van der Waals surface area contributed by atoms with Crippen molar-refractivity contribution in [2.75, 3.05) is 11.9 Å². The van der Waals surface area contributed by atoms with E-state index in [1.807, 2.05) is 44.2 Å². The largest absolute Gasteiger partial charge is 0.457 e. The average Bonchev–Trinajstić information content (AvgIpc) is 2.45. The number of nitrogens with zero attached hydrogens (tertiary/aromatic N) is 1. The van der Waals surface area contributed by atoms with Crippen LogP contribution in [0.3, 0.4) is 0 Å². The van der Waals surface area contributed by atoms with Gasteiger partial charge < -0.3 is 10.1 Å². The first-order valence-corrected chi connectivity index (χ1v) is 7.22. The number of ether oxygens (including phenoxy) is 1. The zero-order valence-electron chi connectivity index (χ0n) is 13.1. The summed E-state index contributed by atoms with van der Waals surface area (Å²) in [6.45, 7) is 8.91. The van der Waals surface area contributed by atoms with Gasteiger partial charge in [0.2, 0.25) is 0 Å². The molecule has 110 valence electrons. The lowest BCUT2D eigenvalue weighted by Crippen LogP contribution is -2.09. The minimum absolute atomic E-state index is 0.784. The molecule has 0 unspecified atom stereocenters. The Bertz CT molecular complexity index is 633. The van der Waals surface area contributed by atoms with E-state index in [0.717, 1.165) is 40.7 Å². The van der Waals surface area contributed by atoms with Crippen molar-refractivity contribution in [2.45, 2.75) is 27.7 Å². The molecule has 0 aliphatic rings. The molecule has 0 aromatic heterocycles. The van der Waals surface area contributed by atoms with E-state index >= 15 is 0 Å². The Kier molecular flexibility index (Phi) is 4.99. The molecule has 0 bridgehead atoms. The number of hydrogen-bond donors (Lipinski definition) is 1. The molecule has 2 aromatic rings. The van der Waals surface area contributed by atoms with E-state index < -0.39 is 0 Å². The Morgan fingerprint density at radius 3 is 2.48 bits per heavy atom. The van der Waals surface area contributed by atoms with E-state index in [9.17, 15) is 0 Å². The van der Waals surface area contributed by atoms with E-state index in [1.54, 1.807) is 0 Å². The molecule has 0 radical (unpaired) electrons. The summed E-state index contributed by atoms with van der Waals surface area (Å²) >= 11 is 0. The standard InChI is InChI=1S/C18H22N2O/c1-5-19-15(4)20-17-11-14(3)18(12-13(17)2)21-16-9-7-6-8-10-16/h6-12H,5H2,1-4H3,(H,19,20). The van der Waals surface area contributed by atoms with Gasteiger partial charge in [-0.15, -0.1) is 0 Å². The van der Waals surface area contributed by atoms with Crippen LogP contribution in [0.1, 0.15) is 25.0 Å². The summed E-state index contributed by atoms with van der Waals surface area (Å²) in [5.74, 6) is 2.66. The number of hydrogen-bond acceptors (Lipinski definition) is 2. The highest BCUT2D eigenvalue weighted by molar-refractivity contribution is 5.94. The van der Waals surface area contributed by atoms with Crippen LogP contribution >= 0.6 is 0 Å². The zero-order chi connectivity index (χ0) is 15.2. The number of nitrogens with one attached hydrogen (secondary N) is 1. The molecular weight excluding hydrogens is 260 g/mol. The maximum Gasteiger partial charge on any atom is 0.130 e. The molecule has 0 fully saturated rings. The first-order chi connectivity index (χ1) is 10.1. The summed E-state index contributed by atoms with van der Waals surface area (Å²) in [4.78, 5) is 4.36. The van der Waals surface area contributed by atoms with Crippen LogP contribution in [0.4, 0.5) is 5.69 Å². The number of para-hydroxylation sites is 1. The summed E-state index contributed by atoms with van der Waals surface area (Å²) in [7, 11) is 0. The van der Waals surface area contributed by atoms with Crippen molar-refractivity contribution >= 4 is 11.5 Å². The van der Waals surface area contributed by atoms with Crippen molar-refractivity contribution in [3.8, 4) is 11.5 Å². The first-order valence-electron chi connectivity index (χ1n) is 7.22. The third kappa shape index (κ3) is 4.09. The van der Waals surface area contributed by atoms with Gasteiger partial charge in [0.15, 0.2) is 0 Å².